The molecule has 0 fully saturated rings. The van der Waals surface area contributed by atoms with Crippen LogP contribution in [0.3, 0.4) is 0 Å². The van der Waals surface area contributed by atoms with Crippen molar-refractivity contribution in [2.75, 3.05) is 0 Å². The predicted molar refractivity (Wildman–Crippen MR) is 57.5 cm³/mol. The van der Waals surface area contributed by atoms with Crippen LogP contribution in [0.1, 0.15) is 33.1 Å². The van der Waals surface area contributed by atoms with Gasteiger partial charge in [0.2, 0.25) is 0 Å². The molecule has 0 amide bonds. The Kier molecular flexibility index (Phi) is 4.06. The molecule has 0 aromatic rings. The Morgan fingerprint density at radius 3 is 2.53 bits per heavy atom. The van der Waals surface area contributed by atoms with Gasteiger partial charge >= 0.3 is 5.97 Å². The molecule has 15 heavy (non-hydrogen) atoms. The Morgan fingerprint density at radius 2 is 1.93 bits per heavy atom. The quantitative estimate of drug-likeness (QED) is 0.533. The first-order valence-corrected chi connectivity index (χ1v) is 5.43. The van der Waals surface area contributed by atoms with Gasteiger partial charge in [-0.2, -0.15) is 0 Å². The number of carbonyl (C=O) groups excluding carboxylic acids is 1. The minimum atomic E-state index is -0.977. The van der Waals surface area contributed by atoms with Crippen LogP contribution in [0.15, 0.2) is 12.2 Å². The maximum atomic E-state index is 11.8. The molecule has 0 saturated heterocycles. The molecule has 0 saturated carbocycles. The fourth-order valence-electron chi connectivity index (χ4n) is 2.03. The molecule has 1 N–H and O–H groups in total. The molecule has 3 nitrogen and oxygen atoms in total. The van der Waals surface area contributed by atoms with Crippen LogP contribution in [0.2, 0.25) is 0 Å². The SMILES string of the molecule is C[C@H]1C/C=C/C[C@H](C)[C@@H](C(=O)O)C(=O)C1. The standard InChI is InChI=1S/C12H18O3/c1-8-5-3-4-6-9(2)11(12(14)15)10(13)7-8/h3-4,8-9,11H,5-7H2,1-2H3,(H,14,15)/b4-3+/t8-,9-,11+/m0/s1. The number of aliphatic carboxylic acids is 1. The molecule has 0 unspecified atom stereocenters. The summed E-state index contributed by atoms with van der Waals surface area (Å²) in [7, 11) is 0. The third-order valence-corrected chi connectivity index (χ3v) is 2.94. The average molecular weight is 210 g/mol. The van der Waals surface area contributed by atoms with E-state index in [9.17, 15) is 9.59 Å². The first-order chi connectivity index (χ1) is 7.02. The summed E-state index contributed by atoms with van der Waals surface area (Å²) in [6.45, 7) is 3.81. The minimum Gasteiger partial charge on any atom is -0.481 e. The molecule has 3 heteroatoms. The van der Waals surface area contributed by atoms with Crippen LogP contribution in [0.25, 0.3) is 0 Å². The molecule has 0 radical (unpaired) electrons. The summed E-state index contributed by atoms with van der Waals surface area (Å²) in [5, 5.41) is 9.03. The number of hydrogen-bond acceptors (Lipinski definition) is 2. The monoisotopic (exact) mass is 210 g/mol. The van der Waals surface area contributed by atoms with Crippen LogP contribution in [0.5, 0.6) is 0 Å². The van der Waals surface area contributed by atoms with E-state index < -0.39 is 11.9 Å². The Balaban J connectivity index is 2.85. The summed E-state index contributed by atoms with van der Waals surface area (Å²) in [4.78, 5) is 22.8. The van der Waals surface area contributed by atoms with Crippen LogP contribution in [-0.4, -0.2) is 16.9 Å². The summed E-state index contributed by atoms with van der Waals surface area (Å²) in [6, 6.07) is 0. The Morgan fingerprint density at radius 1 is 1.33 bits per heavy atom. The van der Waals surface area contributed by atoms with Crippen LogP contribution in [0, 0.1) is 17.8 Å². The summed E-state index contributed by atoms with van der Waals surface area (Å²) in [6.07, 6.45) is 5.97. The second-order valence-electron chi connectivity index (χ2n) is 4.51. The highest BCUT2D eigenvalue weighted by Gasteiger charge is 2.32. The molecule has 0 aromatic carbocycles. The second kappa shape index (κ2) is 5.10. The van der Waals surface area contributed by atoms with Gasteiger partial charge in [-0.15, -0.1) is 0 Å². The number of carboxylic acids is 1. The van der Waals surface area contributed by atoms with Crippen molar-refractivity contribution in [3.63, 3.8) is 0 Å². The van der Waals surface area contributed by atoms with E-state index in [1.54, 1.807) is 0 Å². The highest BCUT2D eigenvalue weighted by atomic mass is 16.4. The molecule has 0 spiro atoms. The van der Waals surface area contributed by atoms with Crippen molar-refractivity contribution in [2.45, 2.75) is 33.1 Å². The number of rotatable bonds is 1. The van der Waals surface area contributed by atoms with E-state index in [0.29, 0.717) is 12.8 Å². The van der Waals surface area contributed by atoms with Gasteiger partial charge in [-0.1, -0.05) is 26.0 Å². The molecule has 1 aliphatic carbocycles. The van der Waals surface area contributed by atoms with E-state index >= 15 is 0 Å². The van der Waals surface area contributed by atoms with Crippen LogP contribution < -0.4 is 0 Å². The van der Waals surface area contributed by atoms with Gasteiger partial charge in [0.1, 0.15) is 11.7 Å². The van der Waals surface area contributed by atoms with Crippen molar-refractivity contribution in [1.29, 1.82) is 0 Å². The largest absolute Gasteiger partial charge is 0.481 e. The number of carboxylic acid groups (broad SMARTS) is 1. The van der Waals surface area contributed by atoms with Crippen molar-refractivity contribution in [3.05, 3.63) is 12.2 Å². The van der Waals surface area contributed by atoms with Gasteiger partial charge in [-0.25, -0.2) is 0 Å². The van der Waals surface area contributed by atoms with E-state index in [1.807, 2.05) is 19.9 Å². The lowest BCUT2D eigenvalue weighted by molar-refractivity contribution is -0.148. The second-order valence-corrected chi connectivity index (χ2v) is 4.51. The van der Waals surface area contributed by atoms with Crippen LogP contribution in [0.4, 0.5) is 0 Å². The van der Waals surface area contributed by atoms with E-state index in [2.05, 4.69) is 6.08 Å². The summed E-state index contributed by atoms with van der Waals surface area (Å²) >= 11 is 0. The highest BCUT2D eigenvalue weighted by molar-refractivity contribution is 5.98. The molecule has 0 aromatic heterocycles. The zero-order valence-electron chi connectivity index (χ0n) is 9.27. The van der Waals surface area contributed by atoms with Gasteiger partial charge in [0.05, 0.1) is 0 Å². The summed E-state index contributed by atoms with van der Waals surface area (Å²) < 4.78 is 0. The van der Waals surface area contributed by atoms with Gasteiger partial charge in [-0.3, -0.25) is 9.59 Å². The van der Waals surface area contributed by atoms with Gasteiger partial charge in [0, 0.05) is 6.42 Å². The third kappa shape index (κ3) is 3.18. The number of carbonyl (C=O) groups is 2. The zero-order chi connectivity index (χ0) is 11.4. The smallest absolute Gasteiger partial charge is 0.314 e. The normalized spacial score (nSPS) is 35.1. The molecule has 0 aliphatic heterocycles. The van der Waals surface area contributed by atoms with Crippen molar-refractivity contribution in [2.24, 2.45) is 17.8 Å². The van der Waals surface area contributed by atoms with Gasteiger partial charge in [0.25, 0.3) is 0 Å². The van der Waals surface area contributed by atoms with Crippen LogP contribution in [-0.2, 0) is 9.59 Å². The predicted octanol–water partition coefficient (Wildman–Crippen LogP) is 2.27. The fourth-order valence-corrected chi connectivity index (χ4v) is 2.03. The number of ketones is 1. The van der Waals surface area contributed by atoms with Crippen molar-refractivity contribution >= 4 is 11.8 Å². The van der Waals surface area contributed by atoms with E-state index in [0.717, 1.165) is 6.42 Å². The summed E-state index contributed by atoms with van der Waals surface area (Å²) in [5.41, 5.74) is 0. The highest BCUT2D eigenvalue weighted by Crippen LogP contribution is 2.24. The summed E-state index contributed by atoms with van der Waals surface area (Å²) in [5.74, 6) is -1.77. The van der Waals surface area contributed by atoms with Gasteiger partial charge < -0.3 is 5.11 Å². The van der Waals surface area contributed by atoms with Crippen molar-refractivity contribution in [3.8, 4) is 0 Å². The van der Waals surface area contributed by atoms with Crippen molar-refractivity contribution < 1.29 is 14.7 Å². The number of hydrogen-bond donors (Lipinski definition) is 1. The lowest BCUT2D eigenvalue weighted by atomic mass is 9.85. The number of Topliss-reactive ketones (excluding diaryl/α,β-unsaturated/α-hetero) is 1. The van der Waals surface area contributed by atoms with E-state index in [-0.39, 0.29) is 17.6 Å². The van der Waals surface area contributed by atoms with Crippen molar-refractivity contribution in [1.82, 2.24) is 0 Å². The Bertz CT molecular complexity index is 281. The third-order valence-electron chi connectivity index (χ3n) is 2.94. The number of allylic oxidation sites excluding steroid dienone is 2. The lowest BCUT2D eigenvalue weighted by Gasteiger charge is -2.17. The maximum Gasteiger partial charge on any atom is 0.314 e. The van der Waals surface area contributed by atoms with Gasteiger partial charge in [-0.05, 0) is 24.7 Å². The molecule has 1 aliphatic rings. The first kappa shape index (κ1) is 12.0. The van der Waals surface area contributed by atoms with Gasteiger partial charge in [0.15, 0.2) is 0 Å². The molecular formula is C12H18O3. The molecule has 3 atom stereocenters. The fraction of sp³-hybridized carbons (Fsp3) is 0.667. The van der Waals surface area contributed by atoms with Crippen LogP contribution >= 0.6 is 0 Å². The molecule has 0 heterocycles. The Labute approximate surface area is 90.2 Å². The van der Waals surface area contributed by atoms with E-state index in [4.69, 9.17) is 5.11 Å². The lowest BCUT2D eigenvalue weighted by Crippen LogP contribution is -2.30. The molecule has 0 bridgehead atoms. The molecular weight excluding hydrogens is 192 g/mol. The maximum absolute atomic E-state index is 11.8. The zero-order valence-corrected chi connectivity index (χ0v) is 9.27. The van der Waals surface area contributed by atoms with E-state index in [1.165, 1.54) is 0 Å². The minimum absolute atomic E-state index is 0.100. The average Bonchev–Trinajstić information content (AvgIpc) is 2.15. The topological polar surface area (TPSA) is 54.4 Å². The molecule has 84 valence electrons. The molecule has 1 rings (SSSR count). The first-order valence-electron chi connectivity index (χ1n) is 5.43. The Hall–Kier alpha value is -1.12.